The maximum atomic E-state index is 5.32. The third-order valence-electron chi connectivity index (χ3n) is 2.54. The minimum Gasteiger partial charge on any atom is -0.497 e. The van der Waals surface area contributed by atoms with Crippen LogP contribution in [0, 0.1) is 0 Å². The number of likely N-dealkylation sites (N-methyl/N-ethyl adjacent to an activating group) is 1. The Morgan fingerprint density at radius 2 is 1.94 bits per heavy atom. The number of ether oxygens (including phenoxy) is 2. The molecule has 0 atom stereocenters. The van der Waals surface area contributed by atoms with Crippen LogP contribution in [-0.4, -0.2) is 46.3 Å². The lowest BCUT2D eigenvalue weighted by Gasteiger charge is -2.13. The molecule has 0 spiro atoms. The molecular formula is C13H22N2O2. The standard InChI is InChI=1S/C13H22N2O2/c1-15(2)8-7-14-10-11-9-12(16-3)5-6-13(11)17-4/h5-6,9,14H,7-8,10H2,1-4H3. The lowest BCUT2D eigenvalue weighted by atomic mass is 10.2. The summed E-state index contributed by atoms with van der Waals surface area (Å²) in [7, 11) is 7.48. The molecule has 4 heteroatoms. The summed E-state index contributed by atoms with van der Waals surface area (Å²) in [4.78, 5) is 2.15. The van der Waals surface area contributed by atoms with Gasteiger partial charge < -0.3 is 19.7 Å². The van der Waals surface area contributed by atoms with Crippen molar-refractivity contribution >= 4 is 0 Å². The SMILES string of the molecule is COc1ccc(OC)c(CNCCN(C)C)c1. The monoisotopic (exact) mass is 238 g/mol. The molecule has 4 nitrogen and oxygen atoms in total. The van der Waals surface area contributed by atoms with E-state index in [1.165, 1.54) is 0 Å². The summed E-state index contributed by atoms with van der Waals surface area (Å²) in [5.41, 5.74) is 1.12. The van der Waals surface area contributed by atoms with Crippen molar-refractivity contribution in [3.63, 3.8) is 0 Å². The van der Waals surface area contributed by atoms with Crippen molar-refractivity contribution in [2.24, 2.45) is 0 Å². The first-order valence-corrected chi connectivity index (χ1v) is 5.73. The van der Waals surface area contributed by atoms with E-state index in [0.29, 0.717) is 0 Å². The number of methoxy groups -OCH3 is 2. The lowest BCUT2D eigenvalue weighted by Crippen LogP contribution is -2.26. The molecule has 0 aliphatic rings. The summed E-state index contributed by atoms with van der Waals surface area (Å²) in [6.45, 7) is 2.76. The number of hydrogen-bond donors (Lipinski definition) is 1. The Kier molecular flexibility index (Phi) is 5.80. The van der Waals surface area contributed by atoms with Crippen molar-refractivity contribution in [3.05, 3.63) is 23.8 Å². The van der Waals surface area contributed by atoms with Crippen molar-refractivity contribution in [3.8, 4) is 11.5 Å². The molecule has 0 aliphatic carbocycles. The van der Waals surface area contributed by atoms with Crippen LogP contribution < -0.4 is 14.8 Å². The molecule has 0 heterocycles. The normalized spacial score (nSPS) is 10.6. The van der Waals surface area contributed by atoms with Gasteiger partial charge in [-0.2, -0.15) is 0 Å². The van der Waals surface area contributed by atoms with E-state index < -0.39 is 0 Å². The van der Waals surface area contributed by atoms with Gasteiger partial charge in [-0.15, -0.1) is 0 Å². The van der Waals surface area contributed by atoms with Gasteiger partial charge in [-0.25, -0.2) is 0 Å². The van der Waals surface area contributed by atoms with E-state index in [9.17, 15) is 0 Å². The van der Waals surface area contributed by atoms with Gasteiger partial charge in [0.05, 0.1) is 14.2 Å². The van der Waals surface area contributed by atoms with Crippen LogP contribution in [0.1, 0.15) is 5.56 Å². The van der Waals surface area contributed by atoms with Crippen LogP contribution in [0.25, 0.3) is 0 Å². The number of hydrogen-bond acceptors (Lipinski definition) is 4. The molecule has 0 unspecified atom stereocenters. The van der Waals surface area contributed by atoms with E-state index in [-0.39, 0.29) is 0 Å². The Morgan fingerprint density at radius 3 is 2.53 bits per heavy atom. The summed E-state index contributed by atoms with van der Waals surface area (Å²) in [5.74, 6) is 1.75. The summed E-state index contributed by atoms with van der Waals surface area (Å²) in [5, 5.41) is 3.38. The van der Waals surface area contributed by atoms with Gasteiger partial charge in [-0.1, -0.05) is 0 Å². The van der Waals surface area contributed by atoms with Crippen LogP contribution in [0.3, 0.4) is 0 Å². The van der Waals surface area contributed by atoms with Gasteiger partial charge in [0.2, 0.25) is 0 Å². The summed E-state index contributed by atoms with van der Waals surface area (Å²) < 4.78 is 10.5. The minimum absolute atomic E-state index is 0.786. The molecular weight excluding hydrogens is 216 g/mol. The quantitative estimate of drug-likeness (QED) is 0.727. The lowest BCUT2D eigenvalue weighted by molar-refractivity contribution is 0.388. The second-order valence-corrected chi connectivity index (χ2v) is 4.16. The van der Waals surface area contributed by atoms with Crippen LogP contribution in [0.5, 0.6) is 11.5 Å². The van der Waals surface area contributed by atoms with Crippen LogP contribution in [0.2, 0.25) is 0 Å². The molecule has 1 rings (SSSR count). The number of rotatable bonds is 7. The molecule has 0 aliphatic heterocycles. The highest BCUT2D eigenvalue weighted by Crippen LogP contribution is 2.23. The van der Waals surface area contributed by atoms with Gasteiger partial charge in [-0.3, -0.25) is 0 Å². The smallest absolute Gasteiger partial charge is 0.123 e. The highest BCUT2D eigenvalue weighted by Gasteiger charge is 2.04. The zero-order valence-electron chi connectivity index (χ0n) is 11.1. The second-order valence-electron chi connectivity index (χ2n) is 4.16. The number of benzene rings is 1. The van der Waals surface area contributed by atoms with E-state index in [1.54, 1.807) is 14.2 Å². The van der Waals surface area contributed by atoms with Gasteiger partial charge in [0.15, 0.2) is 0 Å². The Balaban J connectivity index is 2.55. The molecule has 1 aromatic rings. The van der Waals surface area contributed by atoms with Crippen LogP contribution in [0.4, 0.5) is 0 Å². The molecule has 0 fully saturated rings. The van der Waals surface area contributed by atoms with Crippen LogP contribution >= 0.6 is 0 Å². The third-order valence-corrected chi connectivity index (χ3v) is 2.54. The third kappa shape index (κ3) is 4.63. The highest BCUT2D eigenvalue weighted by molar-refractivity contribution is 5.40. The van der Waals surface area contributed by atoms with Crippen LogP contribution in [-0.2, 0) is 6.54 Å². The van der Waals surface area contributed by atoms with Crippen molar-refractivity contribution in [1.82, 2.24) is 10.2 Å². The average Bonchev–Trinajstić information content (AvgIpc) is 2.34. The van der Waals surface area contributed by atoms with Crippen molar-refractivity contribution < 1.29 is 9.47 Å². The van der Waals surface area contributed by atoms with Crippen molar-refractivity contribution in [2.45, 2.75) is 6.54 Å². The van der Waals surface area contributed by atoms with E-state index in [2.05, 4.69) is 24.3 Å². The number of nitrogens with one attached hydrogen (secondary N) is 1. The maximum absolute atomic E-state index is 5.32. The molecule has 0 bridgehead atoms. The summed E-state index contributed by atoms with van der Waals surface area (Å²) in [6, 6.07) is 5.84. The maximum Gasteiger partial charge on any atom is 0.123 e. The Morgan fingerprint density at radius 1 is 1.18 bits per heavy atom. The predicted octanol–water partition coefficient (Wildman–Crippen LogP) is 1.35. The first-order valence-electron chi connectivity index (χ1n) is 5.73. The molecule has 0 saturated carbocycles. The molecule has 1 N–H and O–H groups in total. The van der Waals surface area contributed by atoms with Gasteiger partial charge in [0.1, 0.15) is 11.5 Å². The zero-order valence-corrected chi connectivity index (χ0v) is 11.1. The molecule has 17 heavy (non-hydrogen) atoms. The highest BCUT2D eigenvalue weighted by atomic mass is 16.5. The molecule has 0 aromatic heterocycles. The van der Waals surface area contributed by atoms with E-state index in [4.69, 9.17) is 9.47 Å². The fraction of sp³-hybridized carbons (Fsp3) is 0.538. The molecule has 0 amide bonds. The van der Waals surface area contributed by atoms with Crippen LogP contribution in [0.15, 0.2) is 18.2 Å². The van der Waals surface area contributed by atoms with Gasteiger partial charge in [-0.05, 0) is 32.3 Å². The minimum atomic E-state index is 0.786. The van der Waals surface area contributed by atoms with Gasteiger partial charge >= 0.3 is 0 Å². The summed E-state index contributed by atoms with van der Waals surface area (Å²) in [6.07, 6.45) is 0. The molecule has 1 aromatic carbocycles. The van der Waals surface area contributed by atoms with Gasteiger partial charge in [0.25, 0.3) is 0 Å². The first-order chi connectivity index (χ1) is 8.17. The fourth-order valence-electron chi connectivity index (χ4n) is 1.55. The van der Waals surface area contributed by atoms with Gasteiger partial charge in [0, 0.05) is 25.2 Å². The van der Waals surface area contributed by atoms with Crippen molar-refractivity contribution in [2.75, 3.05) is 41.4 Å². The van der Waals surface area contributed by atoms with E-state index >= 15 is 0 Å². The van der Waals surface area contributed by atoms with E-state index in [0.717, 1.165) is 36.7 Å². The topological polar surface area (TPSA) is 33.7 Å². The molecule has 0 saturated heterocycles. The first kappa shape index (κ1) is 13.8. The molecule has 0 radical (unpaired) electrons. The molecule has 96 valence electrons. The second kappa shape index (κ2) is 7.14. The number of nitrogens with zero attached hydrogens (tertiary/aromatic N) is 1. The average molecular weight is 238 g/mol. The Hall–Kier alpha value is -1.26. The Bertz CT molecular complexity index is 340. The zero-order chi connectivity index (χ0) is 12.7. The fourth-order valence-corrected chi connectivity index (χ4v) is 1.55. The summed E-state index contributed by atoms with van der Waals surface area (Å²) >= 11 is 0. The largest absolute Gasteiger partial charge is 0.497 e. The predicted molar refractivity (Wildman–Crippen MR) is 69.8 cm³/mol. The van der Waals surface area contributed by atoms with Crippen molar-refractivity contribution in [1.29, 1.82) is 0 Å². The van der Waals surface area contributed by atoms with E-state index in [1.807, 2.05) is 18.2 Å². The Labute approximate surface area is 104 Å².